The fourth-order valence-corrected chi connectivity index (χ4v) is 10.2. The first-order chi connectivity index (χ1) is 42.5. The number of phosphoric ester groups is 1. The van der Waals surface area contributed by atoms with Crippen LogP contribution in [0.3, 0.4) is 0 Å². The molecule has 496 valence electrons. The highest BCUT2D eigenvalue weighted by molar-refractivity contribution is 7.45. The standard InChI is InChI=1S/C78H133N2O6P/c1-6-8-10-12-14-16-18-20-22-24-26-28-30-32-34-36-37-38-39-40-41-42-43-44-46-48-50-52-54-56-58-60-62-64-66-68-70-72-78(82)79-76(75-86-87(83,84)85-74-73-80(3,4)5)77(81)71-69-67-65-63-61-59-57-55-53-51-49-47-45-35-33-31-29-27-25-23-21-19-17-15-13-11-9-7-2/h8,10,14,16,20,22,26,28,32,34,37-38,40-41,43-44,48,50,53-56,61,63,69,71,76-77,81H,6-7,9,11-13,15,17-19,21,23-25,27,29-31,33,35-36,39,42,45-47,49,51-52,57-60,62,64-68,70,72-75H2,1-5H3,(H-,79,82,83,84)/b10-8-,16-14-,22-20-,28-26-,34-32-,38-37-,41-40-,44-43-,50-48-,55-53+,56-54-,63-61+,71-69+. The highest BCUT2D eigenvalue weighted by atomic mass is 31.2. The number of rotatable bonds is 63. The Labute approximate surface area is 537 Å². The van der Waals surface area contributed by atoms with E-state index in [1.165, 1.54) is 122 Å². The van der Waals surface area contributed by atoms with Gasteiger partial charge in [-0.15, -0.1) is 0 Å². The van der Waals surface area contributed by atoms with Crippen molar-refractivity contribution in [3.05, 3.63) is 158 Å². The largest absolute Gasteiger partial charge is 0.756 e. The number of carbonyl (C=O) groups excluding carboxylic acids is 1. The van der Waals surface area contributed by atoms with Crippen molar-refractivity contribution in [1.29, 1.82) is 0 Å². The average molecular weight is 1230 g/mol. The van der Waals surface area contributed by atoms with E-state index in [1.54, 1.807) is 6.08 Å². The summed E-state index contributed by atoms with van der Waals surface area (Å²) < 4.78 is 23.4. The summed E-state index contributed by atoms with van der Waals surface area (Å²) in [5.74, 6) is -0.231. The van der Waals surface area contributed by atoms with Crippen molar-refractivity contribution in [2.45, 2.75) is 289 Å². The molecule has 0 spiro atoms. The fourth-order valence-electron chi connectivity index (χ4n) is 9.51. The molecule has 0 saturated carbocycles. The number of allylic oxidation sites excluding steroid dienone is 25. The molecule has 87 heavy (non-hydrogen) atoms. The predicted molar refractivity (Wildman–Crippen MR) is 380 cm³/mol. The highest BCUT2D eigenvalue weighted by Crippen LogP contribution is 2.38. The number of hydrogen-bond donors (Lipinski definition) is 2. The molecule has 0 aromatic carbocycles. The lowest BCUT2D eigenvalue weighted by Crippen LogP contribution is -2.45. The molecule has 0 fully saturated rings. The summed E-state index contributed by atoms with van der Waals surface area (Å²) in [5.41, 5.74) is 0. The van der Waals surface area contributed by atoms with Crippen molar-refractivity contribution in [3.63, 3.8) is 0 Å². The van der Waals surface area contributed by atoms with Gasteiger partial charge in [-0.05, 0) is 122 Å². The minimum Gasteiger partial charge on any atom is -0.756 e. The second-order valence-electron chi connectivity index (χ2n) is 24.5. The van der Waals surface area contributed by atoms with Crippen molar-refractivity contribution < 1.29 is 32.9 Å². The molecule has 0 heterocycles. The van der Waals surface area contributed by atoms with Crippen molar-refractivity contribution in [2.24, 2.45) is 0 Å². The molecular weight excluding hydrogens is 1090 g/mol. The van der Waals surface area contributed by atoms with E-state index < -0.39 is 26.6 Å². The lowest BCUT2D eigenvalue weighted by Gasteiger charge is -2.29. The van der Waals surface area contributed by atoms with Gasteiger partial charge in [0.25, 0.3) is 7.82 Å². The Kier molecular flexibility index (Phi) is 63.6. The number of likely N-dealkylation sites (N-methyl/N-ethyl adjacent to an activating group) is 1. The number of nitrogens with one attached hydrogen (secondary N) is 1. The van der Waals surface area contributed by atoms with E-state index in [-0.39, 0.29) is 12.5 Å². The number of amides is 1. The Balaban J connectivity index is 4.24. The second kappa shape index (κ2) is 66.5. The molecule has 9 heteroatoms. The minimum atomic E-state index is -4.63. The van der Waals surface area contributed by atoms with E-state index in [4.69, 9.17) is 9.05 Å². The van der Waals surface area contributed by atoms with Crippen molar-refractivity contribution in [2.75, 3.05) is 40.9 Å². The topological polar surface area (TPSA) is 108 Å². The van der Waals surface area contributed by atoms with Gasteiger partial charge in [0.05, 0.1) is 39.9 Å². The third-order valence-corrected chi connectivity index (χ3v) is 15.9. The molecule has 0 aromatic rings. The van der Waals surface area contributed by atoms with Crippen LogP contribution in [0.4, 0.5) is 0 Å². The first kappa shape index (κ1) is 83.1. The quantitative estimate of drug-likeness (QED) is 0.0272. The van der Waals surface area contributed by atoms with Gasteiger partial charge in [-0.3, -0.25) is 9.36 Å². The van der Waals surface area contributed by atoms with E-state index >= 15 is 0 Å². The number of aliphatic hydroxyl groups is 1. The van der Waals surface area contributed by atoms with Crippen molar-refractivity contribution >= 4 is 13.7 Å². The second-order valence-corrected chi connectivity index (χ2v) is 25.9. The van der Waals surface area contributed by atoms with Gasteiger partial charge in [0.15, 0.2) is 0 Å². The molecule has 0 rings (SSSR count). The van der Waals surface area contributed by atoms with Crippen molar-refractivity contribution in [3.8, 4) is 0 Å². The Hall–Kier alpha value is -3.88. The first-order valence-electron chi connectivity index (χ1n) is 35.3. The van der Waals surface area contributed by atoms with Gasteiger partial charge >= 0.3 is 0 Å². The summed E-state index contributed by atoms with van der Waals surface area (Å²) in [6.45, 7) is 4.50. The molecule has 3 atom stereocenters. The molecule has 0 saturated heterocycles. The van der Waals surface area contributed by atoms with Crippen LogP contribution >= 0.6 is 7.82 Å². The minimum absolute atomic E-state index is 0.0205. The molecule has 0 aliphatic rings. The maximum Gasteiger partial charge on any atom is 0.268 e. The molecule has 2 N–H and O–H groups in total. The maximum absolute atomic E-state index is 13.0. The van der Waals surface area contributed by atoms with Crippen LogP contribution < -0.4 is 10.2 Å². The van der Waals surface area contributed by atoms with Gasteiger partial charge in [0, 0.05) is 6.42 Å². The number of aliphatic hydroxyl groups excluding tert-OH is 1. The number of carbonyl (C=O) groups is 1. The van der Waals surface area contributed by atoms with Crippen LogP contribution in [-0.2, 0) is 18.4 Å². The Morgan fingerprint density at radius 1 is 0.414 bits per heavy atom. The highest BCUT2D eigenvalue weighted by Gasteiger charge is 2.23. The summed E-state index contributed by atoms with van der Waals surface area (Å²) in [5, 5.41) is 13.9. The van der Waals surface area contributed by atoms with Crippen molar-refractivity contribution in [1.82, 2.24) is 5.32 Å². The third-order valence-electron chi connectivity index (χ3n) is 14.9. The summed E-state index contributed by atoms with van der Waals surface area (Å²) in [6, 6.07) is -0.932. The molecule has 0 aliphatic carbocycles. The molecule has 8 nitrogen and oxygen atoms in total. The normalized spacial score (nSPS) is 14.6. The van der Waals surface area contributed by atoms with E-state index in [0.29, 0.717) is 17.4 Å². The van der Waals surface area contributed by atoms with Gasteiger partial charge in [-0.1, -0.05) is 307 Å². The number of phosphoric acid groups is 1. The Morgan fingerprint density at radius 2 is 0.713 bits per heavy atom. The van der Waals surface area contributed by atoms with Crippen LogP contribution in [0.15, 0.2) is 158 Å². The average Bonchev–Trinajstić information content (AvgIpc) is 3.70. The van der Waals surface area contributed by atoms with Crippen LogP contribution in [0.25, 0.3) is 0 Å². The van der Waals surface area contributed by atoms with Gasteiger partial charge < -0.3 is 28.8 Å². The zero-order valence-corrected chi connectivity index (χ0v) is 57.6. The van der Waals surface area contributed by atoms with Gasteiger partial charge in [-0.2, -0.15) is 0 Å². The number of nitrogens with zero attached hydrogens (tertiary/aromatic N) is 1. The van der Waals surface area contributed by atoms with Gasteiger partial charge in [0.2, 0.25) is 5.91 Å². The molecule has 0 aromatic heterocycles. The van der Waals surface area contributed by atoms with Crippen LogP contribution in [0, 0.1) is 0 Å². The van der Waals surface area contributed by atoms with E-state index in [9.17, 15) is 19.4 Å². The maximum atomic E-state index is 13.0. The Morgan fingerprint density at radius 3 is 1.07 bits per heavy atom. The lowest BCUT2D eigenvalue weighted by atomic mass is 10.0. The van der Waals surface area contributed by atoms with Gasteiger partial charge in [0.1, 0.15) is 13.2 Å². The third kappa shape index (κ3) is 69.5. The lowest BCUT2D eigenvalue weighted by molar-refractivity contribution is -0.870. The SMILES string of the molecule is CC/C=C\C/C=C\C/C=C\C/C=C\C/C=C\C/C=C\C/C=C\C/C=C\C/C=C\C/C=C\CCCCCCCCC(=O)NC(COP(=O)([O-])OCC[N+](C)(C)C)C(O)/C=C/CC/C=C/CC/C=C/CCCCCCCCCCCCCCCCCCCC. The molecule has 1 amide bonds. The summed E-state index contributed by atoms with van der Waals surface area (Å²) >= 11 is 0. The molecular formula is C78H133N2O6P. The van der Waals surface area contributed by atoms with Crippen LogP contribution in [0.1, 0.15) is 277 Å². The zero-order valence-electron chi connectivity index (χ0n) is 56.7. The molecule has 0 radical (unpaired) electrons. The molecule has 0 aliphatic heterocycles. The van der Waals surface area contributed by atoms with E-state index in [2.05, 4.69) is 165 Å². The van der Waals surface area contributed by atoms with Gasteiger partial charge in [-0.25, -0.2) is 0 Å². The first-order valence-corrected chi connectivity index (χ1v) is 36.8. The molecule has 0 bridgehead atoms. The van der Waals surface area contributed by atoms with E-state index in [0.717, 1.165) is 135 Å². The summed E-state index contributed by atoms with van der Waals surface area (Å²) in [4.78, 5) is 25.6. The van der Waals surface area contributed by atoms with Crippen LogP contribution in [0.2, 0.25) is 0 Å². The Bertz CT molecular complexity index is 1980. The number of unbranched alkanes of at least 4 members (excludes halogenated alkanes) is 26. The summed E-state index contributed by atoms with van der Waals surface area (Å²) in [7, 11) is 1.21. The van der Waals surface area contributed by atoms with E-state index in [1.807, 2.05) is 27.2 Å². The summed E-state index contributed by atoms with van der Waals surface area (Å²) in [6.07, 6.45) is 104. The monoisotopic (exact) mass is 1220 g/mol. The smallest absolute Gasteiger partial charge is 0.268 e. The molecule has 3 unspecified atom stereocenters. The van der Waals surface area contributed by atoms with Crippen LogP contribution in [-0.4, -0.2) is 68.5 Å². The fraction of sp³-hybridized carbons (Fsp3) is 0.654. The number of quaternary nitrogens is 1. The zero-order chi connectivity index (χ0) is 63.4. The predicted octanol–water partition coefficient (Wildman–Crippen LogP) is 22.3. The number of hydrogen-bond acceptors (Lipinski definition) is 6. The van der Waals surface area contributed by atoms with Crippen LogP contribution in [0.5, 0.6) is 0 Å².